The molecule has 1 heterocycles. The lowest BCUT2D eigenvalue weighted by molar-refractivity contribution is -0.118. The lowest BCUT2D eigenvalue weighted by Crippen LogP contribution is -2.38. The topological polar surface area (TPSA) is 57.7 Å². The first kappa shape index (κ1) is 18.6. The van der Waals surface area contributed by atoms with Crippen LogP contribution in [-0.4, -0.2) is 37.5 Å². The van der Waals surface area contributed by atoms with Gasteiger partial charge in [-0.1, -0.05) is 48.5 Å². The Kier molecular flexibility index (Phi) is 5.44. The highest BCUT2D eigenvalue weighted by Crippen LogP contribution is 2.32. The van der Waals surface area contributed by atoms with E-state index in [1.165, 1.54) is 4.31 Å². The van der Waals surface area contributed by atoms with Crippen molar-refractivity contribution < 1.29 is 13.2 Å². The molecule has 0 saturated heterocycles. The van der Waals surface area contributed by atoms with Gasteiger partial charge in [0, 0.05) is 31.7 Å². The van der Waals surface area contributed by atoms with E-state index in [9.17, 15) is 13.2 Å². The normalized spacial score (nSPS) is 16.7. The molecule has 0 aromatic heterocycles. The summed E-state index contributed by atoms with van der Waals surface area (Å²) in [6.45, 7) is 2.30. The minimum atomic E-state index is -3.49. The highest BCUT2D eigenvalue weighted by atomic mass is 32.2. The summed E-state index contributed by atoms with van der Waals surface area (Å²) in [5.74, 6) is -0.320. The van der Waals surface area contributed by atoms with Crippen LogP contribution in [0.3, 0.4) is 0 Å². The number of para-hydroxylation sites is 1. The minimum Gasteiger partial charge on any atom is -0.309 e. The van der Waals surface area contributed by atoms with Gasteiger partial charge in [0.25, 0.3) is 0 Å². The Morgan fingerprint density at radius 3 is 2.50 bits per heavy atom. The lowest BCUT2D eigenvalue weighted by atomic mass is 10.1. The van der Waals surface area contributed by atoms with Gasteiger partial charge < -0.3 is 4.90 Å². The van der Waals surface area contributed by atoms with Crippen molar-refractivity contribution in [2.24, 2.45) is 0 Å². The summed E-state index contributed by atoms with van der Waals surface area (Å²) < 4.78 is 26.4. The van der Waals surface area contributed by atoms with E-state index in [2.05, 4.69) is 0 Å². The third kappa shape index (κ3) is 3.97. The molecule has 0 bridgehead atoms. The van der Waals surface area contributed by atoms with E-state index in [1.54, 1.807) is 11.9 Å². The van der Waals surface area contributed by atoms with Crippen LogP contribution in [0.15, 0.2) is 54.6 Å². The molecule has 138 valence electrons. The molecule has 2 aromatic rings. The van der Waals surface area contributed by atoms with Crippen molar-refractivity contribution in [1.29, 1.82) is 0 Å². The average molecular weight is 372 g/mol. The number of fused-ring (bicyclic) bond motifs is 1. The van der Waals surface area contributed by atoms with Gasteiger partial charge in [0.15, 0.2) is 0 Å². The van der Waals surface area contributed by atoms with Gasteiger partial charge in [-0.25, -0.2) is 12.7 Å². The maximum absolute atomic E-state index is 12.7. The first-order valence-electron chi connectivity index (χ1n) is 8.76. The zero-order valence-electron chi connectivity index (χ0n) is 15.1. The Bertz CT molecular complexity index is 881. The molecule has 1 unspecified atom stereocenters. The largest absolute Gasteiger partial charge is 0.309 e. The van der Waals surface area contributed by atoms with E-state index in [-0.39, 0.29) is 24.1 Å². The fraction of sp³-hybridized carbons (Fsp3) is 0.350. The summed E-state index contributed by atoms with van der Waals surface area (Å²) >= 11 is 0. The number of carbonyl (C=O) groups is 1. The number of hydrogen-bond donors (Lipinski definition) is 0. The van der Waals surface area contributed by atoms with Crippen LogP contribution in [0.5, 0.6) is 0 Å². The fourth-order valence-electron chi connectivity index (χ4n) is 3.38. The summed E-state index contributed by atoms with van der Waals surface area (Å²) in [7, 11) is -1.94. The second-order valence-corrected chi connectivity index (χ2v) is 8.95. The van der Waals surface area contributed by atoms with Gasteiger partial charge in [0.2, 0.25) is 15.9 Å². The molecule has 0 aliphatic carbocycles. The maximum Gasteiger partial charge on any atom is 0.228 e. The van der Waals surface area contributed by atoms with Crippen LogP contribution in [0.4, 0.5) is 5.69 Å². The van der Waals surface area contributed by atoms with Gasteiger partial charge in [-0.3, -0.25) is 4.79 Å². The van der Waals surface area contributed by atoms with E-state index in [4.69, 9.17) is 0 Å². The van der Waals surface area contributed by atoms with Crippen LogP contribution in [0, 0.1) is 0 Å². The predicted molar refractivity (Wildman–Crippen MR) is 103 cm³/mol. The van der Waals surface area contributed by atoms with Gasteiger partial charge in [-0.05, 0) is 30.5 Å². The van der Waals surface area contributed by atoms with Crippen molar-refractivity contribution in [3.63, 3.8) is 0 Å². The Balaban J connectivity index is 1.63. The van der Waals surface area contributed by atoms with E-state index >= 15 is 0 Å². The van der Waals surface area contributed by atoms with Gasteiger partial charge in [-0.2, -0.15) is 0 Å². The van der Waals surface area contributed by atoms with Gasteiger partial charge in [-0.15, -0.1) is 0 Å². The zero-order valence-corrected chi connectivity index (χ0v) is 15.9. The molecule has 0 radical (unpaired) electrons. The Morgan fingerprint density at radius 1 is 1.12 bits per heavy atom. The quantitative estimate of drug-likeness (QED) is 0.783. The monoisotopic (exact) mass is 372 g/mol. The zero-order chi connectivity index (χ0) is 18.7. The highest BCUT2D eigenvalue weighted by molar-refractivity contribution is 7.89. The Hall–Kier alpha value is -2.18. The summed E-state index contributed by atoms with van der Waals surface area (Å²) in [6.07, 6.45) is 0.794. The van der Waals surface area contributed by atoms with Crippen LogP contribution >= 0.6 is 0 Å². The number of nitrogens with zero attached hydrogens (tertiary/aromatic N) is 2. The highest BCUT2D eigenvalue weighted by Gasteiger charge is 2.31. The number of anilines is 1. The first-order chi connectivity index (χ1) is 12.4. The second-order valence-electron chi connectivity index (χ2n) is 6.75. The summed E-state index contributed by atoms with van der Waals surface area (Å²) in [5.41, 5.74) is 2.96. The predicted octanol–water partition coefficient (Wildman–Crippen LogP) is 2.82. The van der Waals surface area contributed by atoms with Gasteiger partial charge in [0.05, 0.1) is 5.75 Å². The standard InChI is InChI=1S/C20H24N2O3S/c1-16-14-18-10-6-7-11-19(18)22(16)20(23)12-13-26(24,25)21(2)15-17-8-4-3-5-9-17/h3-11,16H,12-15H2,1-2H3. The molecule has 0 N–H and O–H groups in total. The second kappa shape index (κ2) is 7.60. The van der Waals surface area contributed by atoms with Crippen LogP contribution < -0.4 is 4.90 Å². The van der Waals surface area contributed by atoms with Crippen molar-refractivity contribution >= 4 is 21.6 Å². The summed E-state index contributed by atoms with van der Waals surface area (Å²) in [4.78, 5) is 14.4. The Morgan fingerprint density at radius 2 is 1.77 bits per heavy atom. The van der Waals surface area contributed by atoms with E-state index in [0.717, 1.165) is 23.2 Å². The summed E-state index contributed by atoms with van der Waals surface area (Å²) in [6, 6.07) is 17.3. The molecule has 1 aliphatic heterocycles. The van der Waals surface area contributed by atoms with Crippen molar-refractivity contribution in [2.75, 3.05) is 17.7 Å². The molecule has 1 amide bonds. The lowest BCUT2D eigenvalue weighted by Gasteiger charge is -2.23. The number of rotatable bonds is 6. The number of sulfonamides is 1. The number of hydrogen-bond acceptors (Lipinski definition) is 3. The maximum atomic E-state index is 12.7. The summed E-state index contributed by atoms with van der Waals surface area (Å²) in [5, 5.41) is 0. The number of carbonyl (C=O) groups excluding carboxylic acids is 1. The molecule has 2 aromatic carbocycles. The number of amides is 1. The van der Waals surface area contributed by atoms with Crippen molar-refractivity contribution in [3.05, 3.63) is 65.7 Å². The third-order valence-corrected chi connectivity index (χ3v) is 6.57. The minimum absolute atomic E-state index is 0.0138. The molecule has 0 saturated carbocycles. The molecule has 0 spiro atoms. The molecule has 1 atom stereocenters. The third-order valence-electron chi connectivity index (χ3n) is 4.77. The molecule has 5 nitrogen and oxygen atoms in total. The number of benzene rings is 2. The van der Waals surface area contributed by atoms with E-state index < -0.39 is 10.0 Å². The van der Waals surface area contributed by atoms with E-state index in [1.807, 2.05) is 61.5 Å². The molecular formula is C20H24N2O3S. The molecule has 3 rings (SSSR count). The van der Waals surface area contributed by atoms with Crippen LogP contribution in [0.25, 0.3) is 0 Å². The molecule has 1 aliphatic rings. The van der Waals surface area contributed by atoms with Crippen LogP contribution in [0.2, 0.25) is 0 Å². The average Bonchev–Trinajstić information content (AvgIpc) is 2.96. The van der Waals surface area contributed by atoms with Crippen molar-refractivity contribution in [1.82, 2.24) is 4.31 Å². The first-order valence-corrected chi connectivity index (χ1v) is 10.4. The van der Waals surface area contributed by atoms with Crippen LogP contribution in [0.1, 0.15) is 24.5 Å². The molecular weight excluding hydrogens is 348 g/mol. The fourth-order valence-corrected chi connectivity index (χ4v) is 4.47. The SMILES string of the molecule is CC1Cc2ccccc2N1C(=O)CCS(=O)(=O)N(C)Cc1ccccc1. The van der Waals surface area contributed by atoms with Gasteiger partial charge in [0.1, 0.15) is 0 Å². The molecule has 26 heavy (non-hydrogen) atoms. The smallest absolute Gasteiger partial charge is 0.228 e. The Labute approximate surface area is 155 Å². The van der Waals surface area contributed by atoms with Crippen molar-refractivity contribution in [3.8, 4) is 0 Å². The van der Waals surface area contributed by atoms with E-state index in [0.29, 0.717) is 6.54 Å². The van der Waals surface area contributed by atoms with Crippen LogP contribution in [-0.2, 0) is 27.8 Å². The van der Waals surface area contributed by atoms with Gasteiger partial charge >= 0.3 is 0 Å². The molecule has 0 fully saturated rings. The van der Waals surface area contributed by atoms with Crippen molar-refractivity contribution in [2.45, 2.75) is 32.4 Å². The molecule has 6 heteroatoms.